The predicted octanol–water partition coefficient (Wildman–Crippen LogP) is 21.2. The van der Waals surface area contributed by atoms with Gasteiger partial charge in [-0.25, -0.2) is 0 Å². The second kappa shape index (κ2) is 20.5. The SMILES string of the molecule is CC1CC=C(c2ccc(-c3ccc(N(c4ccc(-c5cc(-c6ccccc6)cc(-c6ccccc6)c5)cc4)c4ccccc4-c4cccc(-c5cccc6c5c5ccccc5n6-c5ccccc5)c4)cc3)cc2)c2ccccc21. The summed E-state index contributed by atoms with van der Waals surface area (Å²) in [5.41, 5.74) is 26.3. The first-order valence-electron chi connectivity index (χ1n) is 27.5. The van der Waals surface area contributed by atoms with Crippen molar-refractivity contribution in [3.63, 3.8) is 0 Å². The summed E-state index contributed by atoms with van der Waals surface area (Å²) in [5, 5.41) is 2.49. The standard InChI is InChI=1S/C77H56N2/c1-53-35-48-69(72-29-12-11-27-68(53)72)59-38-36-56(37-39-59)57-40-44-66(45-41-57)78(67-46-42-58(43-47-67)64-51-62(54-19-5-2-6-20-54)50-63(52-64)55-21-7-3-8-22-55)74-32-15-13-28-70(74)60-23-17-24-61(49-60)71-31-18-34-76-77(71)73-30-14-16-33-75(73)79(76)65-25-9-4-10-26-65/h2-34,36-53H,35H2,1H3. The van der Waals surface area contributed by atoms with Crippen LogP contribution in [0.3, 0.4) is 0 Å². The Morgan fingerprint density at radius 1 is 0.329 bits per heavy atom. The van der Waals surface area contributed by atoms with Crippen LogP contribution < -0.4 is 4.90 Å². The summed E-state index contributed by atoms with van der Waals surface area (Å²) >= 11 is 0. The molecule has 0 radical (unpaired) electrons. The third-order valence-electron chi connectivity index (χ3n) is 16.1. The second-order valence-corrected chi connectivity index (χ2v) is 20.9. The molecular formula is C77H56N2. The van der Waals surface area contributed by atoms with E-state index in [9.17, 15) is 0 Å². The molecule has 1 aliphatic carbocycles. The molecule has 2 heteroatoms. The molecule has 0 saturated carbocycles. The molecule has 0 saturated heterocycles. The fourth-order valence-electron chi connectivity index (χ4n) is 12.1. The van der Waals surface area contributed by atoms with Crippen LogP contribution in [-0.4, -0.2) is 4.57 Å². The molecule has 2 nitrogen and oxygen atoms in total. The number of rotatable bonds is 11. The number of anilines is 3. The zero-order valence-electron chi connectivity index (χ0n) is 44.0. The zero-order valence-corrected chi connectivity index (χ0v) is 44.0. The highest BCUT2D eigenvalue weighted by molar-refractivity contribution is 6.16. The van der Waals surface area contributed by atoms with Crippen LogP contribution in [0, 0.1) is 0 Å². The van der Waals surface area contributed by atoms with Gasteiger partial charge in [0.15, 0.2) is 0 Å². The number of hydrogen-bond donors (Lipinski definition) is 0. The molecule has 13 aromatic rings. The Hall–Kier alpha value is -10.0. The molecule has 79 heavy (non-hydrogen) atoms. The maximum absolute atomic E-state index is 2.43. The van der Waals surface area contributed by atoms with Crippen LogP contribution in [0.5, 0.6) is 0 Å². The van der Waals surface area contributed by atoms with Crippen molar-refractivity contribution in [2.45, 2.75) is 19.3 Å². The molecule has 12 aromatic carbocycles. The number of allylic oxidation sites excluding steroid dienone is 1. The number of aromatic nitrogens is 1. The third kappa shape index (κ3) is 8.94. The normalized spacial score (nSPS) is 13.0. The van der Waals surface area contributed by atoms with Gasteiger partial charge in [-0.15, -0.1) is 0 Å². The molecule has 0 aliphatic heterocycles. The summed E-state index contributed by atoms with van der Waals surface area (Å²) in [4.78, 5) is 2.43. The Bertz CT molecular complexity index is 4300. The first kappa shape index (κ1) is 47.4. The summed E-state index contributed by atoms with van der Waals surface area (Å²) in [6, 6.07) is 109. The van der Waals surface area contributed by atoms with Crippen LogP contribution in [0.1, 0.15) is 36.0 Å². The third-order valence-corrected chi connectivity index (χ3v) is 16.1. The fourth-order valence-corrected chi connectivity index (χ4v) is 12.1. The van der Waals surface area contributed by atoms with Gasteiger partial charge in [-0.3, -0.25) is 0 Å². The lowest BCUT2D eigenvalue weighted by Crippen LogP contribution is -2.11. The molecule has 0 amide bonds. The predicted molar refractivity (Wildman–Crippen MR) is 335 cm³/mol. The molecule has 1 atom stereocenters. The number of nitrogens with zero attached hydrogens (tertiary/aromatic N) is 2. The minimum atomic E-state index is 0.526. The van der Waals surface area contributed by atoms with Gasteiger partial charge in [0.1, 0.15) is 0 Å². The lowest BCUT2D eigenvalue weighted by molar-refractivity contribution is 0.768. The van der Waals surface area contributed by atoms with Crippen molar-refractivity contribution in [3.05, 3.63) is 320 Å². The van der Waals surface area contributed by atoms with Crippen LogP contribution in [0.2, 0.25) is 0 Å². The number of benzene rings is 12. The molecule has 1 aromatic heterocycles. The van der Waals surface area contributed by atoms with Crippen molar-refractivity contribution in [2.75, 3.05) is 4.90 Å². The van der Waals surface area contributed by atoms with E-state index >= 15 is 0 Å². The highest BCUT2D eigenvalue weighted by atomic mass is 15.1. The molecular weight excluding hydrogens is 953 g/mol. The summed E-state index contributed by atoms with van der Waals surface area (Å²) in [6.07, 6.45) is 3.47. The van der Waals surface area contributed by atoms with E-state index in [4.69, 9.17) is 0 Å². The minimum absolute atomic E-state index is 0.526. The molecule has 0 spiro atoms. The first-order valence-corrected chi connectivity index (χ1v) is 27.5. The summed E-state index contributed by atoms with van der Waals surface area (Å²) in [7, 11) is 0. The van der Waals surface area contributed by atoms with E-state index in [1.807, 2.05) is 0 Å². The fraction of sp³-hybridized carbons (Fsp3) is 0.0390. The number of fused-ring (bicyclic) bond motifs is 4. The lowest BCUT2D eigenvalue weighted by atomic mass is 9.81. The maximum Gasteiger partial charge on any atom is 0.0547 e. The average Bonchev–Trinajstić information content (AvgIpc) is 4.13. The first-order chi connectivity index (χ1) is 39.1. The monoisotopic (exact) mass is 1010 g/mol. The van der Waals surface area contributed by atoms with E-state index in [-0.39, 0.29) is 0 Å². The molecule has 1 heterocycles. The van der Waals surface area contributed by atoms with Gasteiger partial charge in [-0.2, -0.15) is 0 Å². The van der Waals surface area contributed by atoms with E-state index in [1.165, 1.54) is 94.1 Å². The smallest absolute Gasteiger partial charge is 0.0547 e. The van der Waals surface area contributed by atoms with Crippen molar-refractivity contribution in [2.24, 2.45) is 0 Å². The van der Waals surface area contributed by atoms with Crippen molar-refractivity contribution in [1.82, 2.24) is 4.57 Å². The summed E-state index contributed by atoms with van der Waals surface area (Å²) in [6.45, 7) is 2.33. The van der Waals surface area contributed by atoms with Gasteiger partial charge >= 0.3 is 0 Å². The molecule has 0 N–H and O–H groups in total. The van der Waals surface area contributed by atoms with Crippen molar-refractivity contribution < 1.29 is 0 Å². The zero-order chi connectivity index (χ0) is 52.7. The van der Waals surface area contributed by atoms with E-state index in [0.29, 0.717) is 5.92 Å². The lowest BCUT2D eigenvalue weighted by Gasteiger charge is -2.28. The Kier molecular flexibility index (Phi) is 12.3. The van der Waals surface area contributed by atoms with Gasteiger partial charge in [-0.05, 0) is 175 Å². The maximum atomic E-state index is 2.43. The number of para-hydroxylation sites is 3. The highest BCUT2D eigenvalue weighted by Gasteiger charge is 2.22. The van der Waals surface area contributed by atoms with Crippen LogP contribution in [-0.2, 0) is 0 Å². The minimum Gasteiger partial charge on any atom is -0.310 e. The second-order valence-electron chi connectivity index (χ2n) is 20.9. The molecule has 14 rings (SSSR count). The van der Waals surface area contributed by atoms with E-state index < -0.39 is 0 Å². The van der Waals surface area contributed by atoms with Crippen LogP contribution >= 0.6 is 0 Å². The van der Waals surface area contributed by atoms with Crippen molar-refractivity contribution in [3.8, 4) is 72.4 Å². The molecule has 0 bridgehead atoms. The topological polar surface area (TPSA) is 8.17 Å². The molecule has 0 fully saturated rings. The van der Waals surface area contributed by atoms with Crippen LogP contribution in [0.25, 0.3) is 99.8 Å². The molecule has 374 valence electrons. The number of hydrogen-bond acceptors (Lipinski definition) is 1. The molecule has 1 aliphatic rings. The van der Waals surface area contributed by atoms with Gasteiger partial charge in [0, 0.05) is 33.4 Å². The highest BCUT2D eigenvalue weighted by Crippen LogP contribution is 2.45. The Morgan fingerprint density at radius 3 is 1.41 bits per heavy atom. The van der Waals surface area contributed by atoms with Gasteiger partial charge in [0.2, 0.25) is 0 Å². The van der Waals surface area contributed by atoms with Gasteiger partial charge in [0.05, 0.1) is 16.7 Å². The van der Waals surface area contributed by atoms with Gasteiger partial charge in [-0.1, -0.05) is 231 Å². The van der Waals surface area contributed by atoms with Crippen LogP contribution in [0.15, 0.2) is 303 Å². The van der Waals surface area contributed by atoms with Crippen molar-refractivity contribution >= 4 is 44.4 Å². The summed E-state index contributed by atoms with van der Waals surface area (Å²) in [5.74, 6) is 0.526. The Balaban J connectivity index is 0.869. The molecule has 1 unspecified atom stereocenters. The Labute approximate surface area is 463 Å². The Morgan fingerprint density at radius 2 is 0.759 bits per heavy atom. The van der Waals surface area contributed by atoms with E-state index in [0.717, 1.165) is 45.9 Å². The van der Waals surface area contributed by atoms with Crippen molar-refractivity contribution in [1.29, 1.82) is 0 Å². The largest absolute Gasteiger partial charge is 0.310 e. The summed E-state index contributed by atoms with van der Waals surface area (Å²) < 4.78 is 2.40. The quantitative estimate of drug-likeness (QED) is 0.125. The van der Waals surface area contributed by atoms with Gasteiger partial charge in [0.25, 0.3) is 0 Å². The van der Waals surface area contributed by atoms with E-state index in [2.05, 4.69) is 320 Å². The van der Waals surface area contributed by atoms with E-state index in [1.54, 1.807) is 0 Å². The van der Waals surface area contributed by atoms with Crippen LogP contribution in [0.4, 0.5) is 17.1 Å². The average molecular weight is 1010 g/mol. The van der Waals surface area contributed by atoms with Gasteiger partial charge < -0.3 is 9.47 Å².